The summed E-state index contributed by atoms with van der Waals surface area (Å²) >= 11 is 0. The van der Waals surface area contributed by atoms with Gasteiger partial charge in [0.25, 0.3) is 0 Å². The molecule has 2 rings (SSSR count). The number of carbonyl (C=O) groups excluding carboxylic acids is 3. The van der Waals surface area contributed by atoms with Gasteiger partial charge in [-0.2, -0.15) is 0 Å². The minimum Gasteiger partial charge on any atom is -0.467 e. The molecule has 3 N–H and O–H groups in total. The number of esters is 1. The van der Waals surface area contributed by atoms with Gasteiger partial charge >= 0.3 is 5.97 Å². The number of likely N-dealkylation sites (tertiary alicyclic amines) is 1. The van der Waals surface area contributed by atoms with E-state index in [1.54, 1.807) is 11.8 Å². The zero-order valence-electron chi connectivity index (χ0n) is 16.3. The van der Waals surface area contributed by atoms with Crippen LogP contribution in [0.3, 0.4) is 0 Å². The van der Waals surface area contributed by atoms with Gasteiger partial charge in [-0.25, -0.2) is 4.79 Å². The molecule has 2 fully saturated rings. The first-order valence-electron chi connectivity index (χ1n) is 8.78. The highest BCUT2D eigenvalue weighted by molar-refractivity contribution is 5.93. The van der Waals surface area contributed by atoms with E-state index in [0.29, 0.717) is 6.54 Å². The van der Waals surface area contributed by atoms with Crippen molar-refractivity contribution in [2.45, 2.75) is 59.7 Å². The Balaban J connectivity index is 2.26. The second-order valence-electron chi connectivity index (χ2n) is 9.01. The summed E-state index contributed by atoms with van der Waals surface area (Å²) in [5.41, 5.74) is 5.15. The van der Waals surface area contributed by atoms with E-state index in [1.807, 2.05) is 20.8 Å². The quantitative estimate of drug-likeness (QED) is 0.718. The van der Waals surface area contributed by atoms with Crippen molar-refractivity contribution in [3.05, 3.63) is 0 Å². The number of hydrogen-bond acceptors (Lipinski definition) is 5. The molecule has 1 saturated heterocycles. The molecule has 7 nitrogen and oxygen atoms in total. The van der Waals surface area contributed by atoms with Gasteiger partial charge in [0.2, 0.25) is 11.8 Å². The monoisotopic (exact) mass is 353 g/mol. The Morgan fingerprint density at radius 3 is 2.28 bits per heavy atom. The van der Waals surface area contributed by atoms with Crippen molar-refractivity contribution in [2.24, 2.45) is 28.4 Å². The van der Waals surface area contributed by atoms with Crippen molar-refractivity contribution in [1.29, 1.82) is 0 Å². The topological polar surface area (TPSA) is 102 Å². The Kier molecular flexibility index (Phi) is 4.94. The van der Waals surface area contributed by atoms with Crippen LogP contribution in [0.15, 0.2) is 0 Å². The first kappa shape index (κ1) is 19.7. The van der Waals surface area contributed by atoms with Crippen LogP contribution in [-0.2, 0) is 19.1 Å². The zero-order chi connectivity index (χ0) is 19.3. The fourth-order valence-corrected chi connectivity index (χ4v) is 3.99. The SMILES string of the molecule is COC(=O)[C@@H]1[C@@H]2[C@H](CN1C(=O)[C@@H](NC(=O)[C@H](C)N)C(C)(C)C)C2(C)C. The van der Waals surface area contributed by atoms with Crippen LogP contribution >= 0.6 is 0 Å². The molecule has 1 saturated carbocycles. The first-order chi connectivity index (χ1) is 11.3. The van der Waals surface area contributed by atoms with E-state index in [9.17, 15) is 14.4 Å². The number of ether oxygens (including phenoxy) is 1. The number of amides is 2. The molecule has 0 aromatic heterocycles. The van der Waals surface area contributed by atoms with Crippen LogP contribution < -0.4 is 11.1 Å². The number of rotatable bonds is 4. The summed E-state index contributed by atoms with van der Waals surface area (Å²) in [5.74, 6) is -0.635. The van der Waals surface area contributed by atoms with Crippen molar-refractivity contribution in [3.63, 3.8) is 0 Å². The average molecular weight is 353 g/mol. The Hall–Kier alpha value is -1.63. The van der Waals surface area contributed by atoms with Gasteiger partial charge in [-0.3, -0.25) is 9.59 Å². The maximum atomic E-state index is 13.2. The van der Waals surface area contributed by atoms with Crippen molar-refractivity contribution in [2.75, 3.05) is 13.7 Å². The second-order valence-corrected chi connectivity index (χ2v) is 9.01. The van der Waals surface area contributed by atoms with Gasteiger partial charge in [0.15, 0.2) is 0 Å². The minimum absolute atomic E-state index is 0.0296. The summed E-state index contributed by atoms with van der Waals surface area (Å²) in [5, 5.41) is 2.75. The molecule has 1 heterocycles. The normalized spacial score (nSPS) is 29.4. The predicted molar refractivity (Wildman–Crippen MR) is 93.3 cm³/mol. The molecular weight excluding hydrogens is 322 g/mol. The van der Waals surface area contributed by atoms with Gasteiger partial charge < -0.3 is 20.7 Å². The number of piperidine rings is 1. The molecule has 0 bridgehead atoms. The maximum absolute atomic E-state index is 13.2. The van der Waals surface area contributed by atoms with E-state index < -0.39 is 29.5 Å². The Morgan fingerprint density at radius 1 is 1.28 bits per heavy atom. The molecule has 25 heavy (non-hydrogen) atoms. The van der Waals surface area contributed by atoms with E-state index in [-0.39, 0.29) is 29.1 Å². The number of carbonyl (C=O) groups is 3. The molecule has 0 spiro atoms. The lowest BCUT2D eigenvalue weighted by molar-refractivity contribution is -0.155. The minimum atomic E-state index is -0.751. The van der Waals surface area contributed by atoms with Crippen LogP contribution in [0.5, 0.6) is 0 Å². The van der Waals surface area contributed by atoms with Gasteiger partial charge in [-0.1, -0.05) is 34.6 Å². The van der Waals surface area contributed by atoms with E-state index >= 15 is 0 Å². The zero-order valence-corrected chi connectivity index (χ0v) is 16.3. The van der Waals surface area contributed by atoms with Crippen LogP contribution in [0, 0.1) is 22.7 Å². The Labute approximate surface area is 149 Å². The summed E-state index contributed by atoms with van der Waals surface area (Å²) in [6.07, 6.45) is 0. The maximum Gasteiger partial charge on any atom is 0.328 e. The van der Waals surface area contributed by atoms with Gasteiger partial charge in [0, 0.05) is 12.5 Å². The summed E-state index contributed by atoms with van der Waals surface area (Å²) in [4.78, 5) is 39.2. The van der Waals surface area contributed by atoms with Crippen molar-refractivity contribution in [3.8, 4) is 0 Å². The van der Waals surface area contributed by atoms with Crippen LogP contribution in [-0.4, -0.2) is 54.5 Å². The highest BCUT2D eigenvalue weighted by Gasteiger charge is 2.70. The summed E-state index contributed by atoms with van der Waals surface area (Å²) in [6, 6.07) is -2.05. The Bertz CT molecular complexity index is 579. The first-order valence-corrected chi connectivity index (χ1v) is 8.78. The number of fused-ring (bicyclic) bond motifs is 1. The molecule has 1 aliphatic heterocycles. The fraction of sp³-hybridized carbons (Fsp3) is 0.833. The number of nitrogens with zero attached hydrogens (tertiary/aromatic N) is 1. The number of nitrogens with two attached hydrogens (primary N) is 1. The third-order valence-electron chi connectivity index (χ3n) is 5.75. The van der Waals surface area contributed by atoms with Gasteiger partial charge in [0.1, 0.15) is 12.1 Å². The third-order valence-corrected chi connectivity index (χ3v) is 5.75. The largest absolute Gasteiger partial charge is 0.467 e. The number of hydrogen-bond donors (Lipinski definition) is 2. The molecular formula is C18H31N3O4. The molecule has 7 heteroatoms. The summed E-state index contributed by atoms with van der Waals surface area (Å²) in [6.45, 7) is 11.9. The van der Waals surface area contributed by atoms with Crippen LogP contribution in [0.4, 0.5) is 0 Å². The highest BCUT2D eigenvalue weighted by atomic mass is 16.5. The van der Waals surface area contributed by atoms with Gasteiger partial charge in [0.05, 0.1) is 13.2 Å². The molecule has 0 unspecified atom stereocenters. The van der Waals surface area contributed by atoms with Crippen molar-refractivity contribution < 1.29 is 19.1 Å². The van der Waals surface area contributed by atoms with Crippen LogP contribution in [0.25, 0.3) is 0 Å². The lowest BCUT2D eigenvalue weighted by atomic mass is 9.85. The fourth-order valence-electron chi connectivity index (χ4n) is 3.99. The van der Waals surface area contributed by atoms with Gasteiger partial charge in [-0.15, -0.1) is 0 Å². The van der Waals surface area contributed by atoms with Crippen LogP contribution in [0.1, 0.15) is 41.5 Å². The number of nitrogens with one attached hydrogen (secondary N) is 1. The standard InChI is InChI=1S/C18H31N3O4/c1-9(19)14(22)20-13(17(2,3)4)15(23)21-8-10-11(18(10,5)6)12(21)16(24)25-7/h9-13H,8,19H2,1-7H3,(H,20,22)/t9-,10-,11-,12-,13+/m0/s1. The molecule has 2 amide bonds. The lowest BCUT2D eigenvalue weighted by Crippen LogP contribution is -2.59. The summed E-state index contributed by atoms with van der Waals surface area (Å²) < 4.78 is 4.95. The summed E-state index contributed by atoms with van der Waals surface area (Å²) in [7, 11) is 1.34. The molecule has 2 aliphatic rings. The predicted octanol–water partition coefficient (Wildman–Crippen LogP) is 0.521. The van der Waals surface area contributed by atoms with E-state index in [2.05, 4.69) is 19.2 Å². The third kappa shape index (κ3) is 3.38. The molecule has 5 atom stereocenters. The Morgan fingerprint density at radius 2 is 1.84 bits per heavy atom. The van der Waals surface area contributed by atoms with E-state index in [0.717, 1.165) is 0 Å². The van der Waals surface area contributed by atoms with Crippen molar-refractivity contribution in [1.82, 2.24) is 10.2 Å². The number of methoxy groups -OCH3 is 1. The van der Waals surface area contributed by atoms with Crippen molar-refractivity contribution >= 4 is 17.8 Å². The second kappa shape index (κ2) is 6.27. The molecule has 142 valence electrons. The molecule has 0 aromatic carbocycles. The smallest absolute Gasteiger partial charge is 0.328 e. The van der Waals surface area contributed by atoms with E-state index in [4.69, 9.17) is 10.5 Å². The molecule has 0 aromatic rings. The van der Waals surface area contributed by atoms with Crippen LogP contribution in [0.2, 0.25) is 0 Å². The highest BCUT2D eigenvalue weighted by Crippen LogP contribution is 2.65. The molecule has 0 radical (unpaired) electrons. The van der Waals surface area contributed by atoms with Gasteiger partial charge in [-0.05, 0) is 23.7 Å². The molecule has 1 aliphatic carbocycles. The average Bonchev–Trinajstić information content (AvgIpc) is 2.87. The van der Waals surface area contributed by atoms with E-state index in [1.165, 1.54) is 7.11 Å². The lowest BCUT2D eigenvalue weighted by Gasteiger charge is -2.37.